The molecule has 2 unspecified atom stereocenters. The molecule has 0 N–H and O–H groups in total. The Morgan fingerprint density at radius 1 is 0.677 bits per heavy atom. The van der Waals surface area contributed by atoms with Gasteiger partial charge in [-0.25, -0.2) is 0 Å². The van der Waals surface area contributed by atoms with Crippen LogP contribution >= 0.6 is 7.55 Å². The van der Waals surface area contributed by atoms with E-state index in [0.717, 1.165) is 0 Å². The van der Waals surface area contributed by atoms with Gasteiger partial charge in [-0.15, -0.1) is 0 Å². The lowest BCUT2D eigenvalue weighted by Crippen LogP contribution is -2.21. The minimum Gasteiger partial charge on any atom is -0.340 e. The van der Waals surface area contributed by atoms with Crippen LogP contribution in [0.25, 0.3) is 22.0 Å². The second kappa shape index (κ2) is 6.30. The zero-order chi connectivity index (χ0) is 20.5. The predicted molar refractivity (Wildman–Crippen MR) is 133 cm³/mol. The van der Waals surface area contributed by atoms with E-state index in [4.69, 9.17) is 0 Å². The first-order chi connectivity index (χ1) is 15.3. The summed E-state index contributed by atoms with van der Waals surface area (Å²) in [7, 11) is 1.67. The lowest BCUT2D eigenvalue weighted by Gasteiger charge is -2.23. The average Bonchev–Trinajstić information content (AvgIpc) is 3.33. The van der Waals surface area contributed by atoms with Gasteiger partial charge in [0.1, 0.15) is 0 Å². The quantitative estimate of drug-likeness (QED) is 0.298. The standard InChI is InChI=1S/C29H21NP/c1-30-24-17-9-7-15-22(24)26-20-13-5-6-14-21(20)27-23-16-8-10-18-25(23)31(29(27)28(26)30)19-11-3-2-4-12-19/h2-18,27H,1H3/q+1. The molecule has 146 valence electrons. The van der Waals surface area contributed by atoms with Gasteiger partial charge in [0.05, 0.1) is 11.6 Å². The van der Waals surface area contributed by atoms with Crippen LogP contribution in [0.4, 0.5) is 0 Å². The van der Waals surface area contributed by atoms with Crippen molar-refractivity contribution in [3.05, 3.63) is 120 Å². The molecule has 0 amide bonds. The van der Waals surface area contributed by atoms with E-state index < -0.39 is 7.55 Å². The summed E-state index contributed by atoms with van der Waals surface area (Å²) in [5.74, 6) is 0.328. The number of aromatic nitrogens is 1. The van der Waals surface area contributed by atoms with Gasteiger partial charge in [0.15, 0.2) is 23.4 Å². The first-order valence-electron chi connectivity index (χ1n) is 10.8. The SMILES string of the molecule is Cn1c2c(c3ccccc31)-c1ccccc1C1C2=[P+](c2ccccc2)c2ccccc21. The van der Waals surface area contributed by atoms with Crippen molar-refractivity contribution in [3.63, 3.8) is 0 Å². The molecule has 0 fully saturated rings. The molecule has 0 saturated heterocycles. The molecule has 7 rings (SSSR count). The Labute approximate surface area is 183 Å². The van der Waals surface area contributed by atoms with E-state index in [0.29, 0.717) is 5.92 Å². The van der Waals surface area contributed by atoms with Crippen molar-refractivity contribution in [1.82, 2.24) is 4.57 Å². The molecular weight excluding hydrogens is 393 g/mol. The minimum absolute atomic E-state index is 0.328. The highest BCUT2D eigenvalue weighted by Gasteiger charge is 2.49. The third-order valence-electron chi connectivity index (χ3n) is 6.91. The second-order valence-corrected chi connectivity index (χ2v) is 10.6. The number of hydrogen-bond acceptors (Lipinski definition) is 0. The highest BCUT2D eigenvalue weighted by Crippen LogP contribution is 2.54. The maximum atomic E-state index is 2.45. The summed E-state index contributed by atoms with van der Waals surface area (Å²) in [6.45, 7) is 0. The molecule has 4 aromatic carbocycles. The largest absolute Gasteiger partial charge is 0.340 e. The molecule has 1 aromatic heterocycles. The first-order valence-corrected chi connectivity index (χ1v) is 12.2. The second-order valence-electron chi connectivity index (χ2n) is 8.44. The third kappa shape index (κ3) is 2.19. The van der Waals surface area contributed by atoms with Gasteiger partial charge < -0.3 is 4.57 Å². The monoisotopic (exact) mass is 414 g/mol. The van der Waals surface area contributed by atoms with Crippen LogP contribution in [0.15, 0.2) is 103 Å². The van der Waals surface area contributed by atoms with Crippen LogP contribution in [0.1, 0.15) is 22.7 Å². The molecule has 2 heterocycles. The molecule has 1 nitrogen and oxygen atoms in total. The first kappa shape index (κ1) is 17.3. The maximum Gasteiger partial charge on any atom is 0.176 e. The van der Waals surface area contributed by atoms with E-state index in [2.05, 4.69) is 115 Å². The Balaban J connectivity index is 1.72. The number of fused-ring (bicyclic) bond motifs is 10. The van der Waals surface area contributed by atoms with Crippen LogP contribution in [0, 0.1) is 0 Å². The maximum absolute atomic E-state index is 2.45. The molecule has 0 radical (unpaired) electrons. The summed E-state index contributed by atoms with van der Waals surface area (Å²) in [5, 5.41) is 5.90. The lowest BCUT2D eigenvalue weighted by molar-refractivity contribution is 0.940. The summed E-state index contributed by atoms with van der Waals surface area (Å²) in [5.41, 5.74) is 8.48. The van der Waals surface area contributed by atoms with Crippen molar-refractivity contribution < 1.29 is 0 Å². The summed E-state index contributed by atoms with van der Waals surface area (Å²) in [6.07, 6.45) is 0. The highest BCUT2D eigenvalue weighted by molar-refractivity contribution is 7.74. The normalized spacial score (nSPS) is 17.3. The van der Waals surface area contributed by atoms with Gasteiger partial charge in [-0.2, -0.15) is 0 Å². The zero-order valence-corrected chi connectivity index (χ0v) is 18.2. The lowest BCUT2D eigenvalue weighted by atomic mass is 9.77. The fraction of sp³-hybridized carbons (Fsp3) is 0.0690. The van der Waals surface area contributed by atoms with Crippen LogP contribution in [0.3, 0.4) is 0 Å². The van der Waals surface area contributed by atoms with E-state index in [1.165, 1.54) is 49.5 Å². The van der Waals surface area contributed by atoms with Crippen molar-refractivity contribution in [3.8, 4) is 11.1 Å². The van der Waals surface area contributed by atoms with Crippen molar-refractivity contribution >= 4 is 34.4 Å². The number of para-hydroxylation sites is 1. The summed E-state index contributed by atoms with van der Waals surface area (Å²) < 4.78 is 2.45. The Kier molecular flexibility index (Phi) is 3.51. The molecule has 2 aliphatic rings. The van der Waals surface area contributed by atoms with Gasteiger partial charge in [0, 0.05) is 29.1 Å². The van der Waals surface area contributed by atoms with Gasteiger partial charge in [-0.05, 0) is 35.4 Å². The fourth-order valence-electron chi connectivity index (χ4n) is 5.70. The Hall–Kier alpha value is -3.41. The van der Waals surface area contributed by atoms with Crippen molar-refractivity contribution in [1.29, 1.82) is 0 Å². The van der Waals surface area contributed by atoms with E-state index in [1.54, 1.807) is 5.29 Å². The summed E-state index contributed by atoms with van der Waals surface area (Å²) in [4.78, 5) is 0. The number of aryl methyl sites for hydroxylation is 1. The molecule has 1 aliphatic carbocycles. The summed E-state index contributed by atoms with van der Waals surface area (Å²) >= 11 is 0. The van der Waals surface area contributed by atoms with Crippen molar-refractivity contribution in [2.45, 2.75) is 5.92 Å². The van der Waals surface area contributed by atoms with Crippen molar-refractivity contribution in [2.75, 3.05) is 0 Å². The van der Waals surface area contributed by atoms with Crippen molar-refractivity contribution in [2.24, 2.45) is 7.05 Å². The molecular formula is C29H21NP+. The van der Waals surface area contributed by atoms with Crippen LogP contribution in [-0.2, 0) is 7.05 Å². The van der Waals surface area contributed by atoms with E-state index in [1.807, 2.05) is 0 Å². The van der Waals surface area contributed by atoms with Gasteiger partial charge >= 0.3 is 0 Å². The van der Waals surface area contributed by atoms with E-state index >= 15 is 0 Å². The molecule has 2 heteroatoms. The van der Waals surface area contributed by atoms with E-state index in [9.17, 15) is 0 Å². The molecule has 0 saturated carbocycles. The predicted octanol–water partition coefficient (Wildman–Crippen LogP) is 5.96. The molecule has 5 aromatic rings. The Morgan fingerprint density at radius 2 is 1.35 bits per heavy atom. The third-order valence-corrected chi connectivity index (χ3v) is 9.56. The van der Waals surface area contributed by atoms with Crippen LogP contribution in [0.2, 0.25) is 0 Å². The van der Waals surface area contributed by atoms with Gasteiger partial charge in [-0.3, -0.25) is 0 Å². The van der Waals surface area contributed by atoms with Gasteiger partial charge in [0.25, 0.3) is 0 Å². The number of hydrogen-bond donors (Lipinski definition) is 0. The summed E-state index contributed by atoms with van der Waals surface area (Å²) in [6, 6.07) is 38.2. The zero-order valence-electron chi connectivity index (χ0n) is 17.3. The Bertz CT molecular complexity index is 1540. The molecule has 0 bridgehead atoms. The molecule has 31 heavy (non-hydrogen) atoms. The van der Waals surface area contributed by atoms with E-state index in [-0.39, 0.29) is 0 Å². The number of rotatable bonds is 1. The molecule has 2 atom stereocenters. The highest BCUT2D eigenvalue weighted by atomic mass is 31.1. The fourth-order valence-corrected chi connectivity index (χ4v) is 8.69. The number of nitrogens with zero attached hydrogens (tertiary/aromatic N) is 1. The number of benzene rings is 4. The topological polar surface area (TPSA) is 4.93 Å². The minimum atomic E-state index is -0.582. The van der Waals surface area contributed by atoms with Gasteiger partial charge in [-0.1, -0.05) is 78.9 Å². The van der Waals surface area contributed by atoms with Crippen LogP contribution in [0.5, 0.6) is 0 Å². The molecule has 0 spiro atoms. The smallest absolute Gasteiger partial charge is 0.176 e. The van der Waals surface area contributed by atoms with Crippen LogP contribution in [-0.4, -0.2) is 9.86 Å². The molecule has 1 aliphatic heterocycles. The Morgan fingerprint density at radius 3 is 2.23 bits per heavy atom. The van der Waals surface area contributed by atoms with Crippen LogP contribution < -0.4 is 10.6 Å². The van der Waals surface area contributed by atoms with Gasteiger partial charge in [0.2, 0.25) is 0 Å². The average molecular weight is 414 g/mol.